The lowest BCUT2D eigenvalue weighted by Crippen LogP contribution is -2.20. The average molecular weight is 248 g/mol. The summed E-state index contributed by atoms with van der Waals surface area (Å²) in [5.74, 6) is 0.452. The molecule has 3 nitrogen and oxygen atoms in total. The van der Waals surface area contributed by atoms with E-state index in [1.54, 1.807) is 19.0 Å². The first-order valence-corrected chi connectivity index (χ1v) is 6.43. The van der Waals surface area contributed by atoms with Crippen molar-refractivity contribution >= 4 is 27.5 Å². The van der Waals surface area contributed by atoms with E-state index in [1.165, 1.54) is 11.3 Å². The Kier molecular flexibility index (Phi) is 3.15. The van der Waals surface area contributed by atoms with Crippen molar-refractivity contribution in [3.05, 3.63) is 28.8 Å². The number of amides is 1. The predicted octanol–water partition coefficient (Wildman–Crippen LogP) is 3.12. The van der Waals surface area contributed by atoms with E-state index in [9.17, 15) is 4.79 Å². The maximum Gasteiger partial charge on any atom is 0.263 e. The topological polar surface area (TPSA) is 33.2 Å². The molecule has 1 amide bonds. The second kappa shape index (κ2) is 4.45. The number of carbonyl (C=O) groups is 1. The van der Waals surface area contributed by atoms with Crippen LogP contribution in [0, 0.1) is 0 Å². The molecule has 0 aliphatic heterocycles. The summed E-state index contributed by atoms with van der Waals surface area (Å²) in [6.07, 6.45) is 0. The van der Waals surface area contributed by atoms with Gasteiger partial charge in [-0.3, -0.25) is 4.79 Å². The standard InChI is InChI=1S/C13H16N2OS/c1-8(2)10-6-5-9-7-11(13(16)15(3)4)17-12(9)14-10/h5-8H,1-4H3. The van der Waals surface area contributed by atoms with Crippen LogP contribution in [0.15, 0.2) is 18.2 Å². The molecular weight excluding hydrogens is 232 g/mol. The summed E-state index contributed by atoms with van der Waals surface area (Å²) in [4.78, 5) is 19.7. The van der Waals surface area contributed by atoms with E-state index in [0.717, 1.165) is 20.8 Å². The largest absolute Gasteiger partial charge is 0.344 e. The molecule has 4 heteroatoms. The number of aromatic nitrogens is 1. The minimum atomic E-state index is 0.0408. The van der Waals surface area contributed by atoms with E-state index in [1.807, 2.05) is 18.2 Å². The summed E-state index contributed by atoms with van der Waals surface area (Å²) in [6.45, 7) is 4.24. The molecule has 0 aliphatic carbocycles. The van der Waals surface area contributed by atoms with Crippen molar-refractivity contribution in [1.29, 1.82) is 0 Å². The maximum absolute atomic E-state index is 11.8. The van der Waals surface area contributed by atoms with Crippen molar-refractivity contribution in [2.24, 2.45) is 0 Å². The Morgan fingerprint density at radius 3 is 2.65 bits per heavy atom. The molecule has 2 aromatic heterocycles. The van der Waals surface area contributed by atoms with Gasteiger partial charge >= 0.3 is 0 Å². The highest BCUT2D eigenvalue weighted by molar-refractivity contribution is 7.20. The zero-order valence-electron chi connectivity index (χ0n) is 10.5. The molecule has 0 atom stereocenters. The van der Waals surface area contributed by atoms with Crippen LogP contribution in [0.25, 0.3) is 10.2 Å². The highest BCUT2D eigenvalue weighted by Gasteiger charge is 2.13. The van der Waals surface area contributed by atoms with Crippen LogP contribution < -0.4 is 0 Å². The van der Waals surface area contributed by atoms with Gasteiger partial charge in [-0.1, -0.05) is 19.9 Å². The van der Waals surface area contributed by atoms with Gasteiger partial charge in [0.2, 0.25) is 0 Å². The van der Waals surface area contributed by atoms with Gasteiger partial charge < -0.3 is 4.90 Å². The number of rotatable bonds is 2. The molecule has 0 fully saturated rings. The van der Waals surface area contributed by atoms with Gasteiger partial charge in [0.15, 0.2) is 0 Å². The van der Waals surface area contributed by atoms with Crippen LogP contribution in [0.2, 0.25) is 0 Å². The fourth-order valence-corrected chi connectivity index (χ4v) is 2.64. The van der Waals surface area contributed by atoms with E-state index >= 15 is 0 Å². The van der Waals surface area contributed by atoms with Gasteiger partial charge in [-0.2, -0.15) is 0 Å². The van der Waals surface area contributed by atoms with Crippen LogP contribution in [-0.2, 0) is 0 Å². The first-order valence-electron chi connectivity index (χ1n) is 5.61. The monoisotopic (exact) mass is 248 g/mol. The van der Waals surface area contributed by atoms with Gasteiger partial charge in [0.1, 0.15) is 4.83 Å². The lowest BCUT2D eigenvalue weighted by atomic mass is 10.1. The number of hydrogen-bond donors (Lipinski definition) is 0. The minimum Gasteiger partial charge on any atom is -0.344 e. The highest BCUT2D eigenvalue weighted by Crippen LogP contribution is 2.26. The zero-order valence-corrected chi connectivity index (χ0v) is 11.3. The quantitative estimate of drug-likeness (QED) is 0.818. The molecule has 0 saturated heterocycles. The maximum atomic E-state index is 11.8. The minimum absolute atomic E-state index is 0.0408. The number of fused-ring (bicyclic) bond motifs is 1. The van der Waals surface area contributed by atoms with E-state index in [-0.39, 0.29) is 5.91 Å². The summed E-state index contributed by atoms with van der Waals surface area (Å²) in [6, 6.07) is 5.99. The molecule has 0 radical (unpaired) electrons. The van der Waals surface area contributed by atoms with Gasteiger partial charge in [-0.25, -0.2) is 4.98 Å². The van der Waals surface area contributed by atoms with Crippen LogP contribution in [-0.4, -0.2) is 29.9 Å². The third-order valence-electron chi connectivity index (χ3n) is 2.61. The fraction of sp³-hybridized carbons (Fsp3) is 0.385. The van der Waals surface area contributed by atoms with Crippen LogP contribution in [0.4, 0.5) is 0 Å². The summed E-state index contributed by atoms with van der Waals surface area (Å²) in [7, 11) is 3.53. The number of hydrogen-bond acceptors (Lipinski definition) is 3. The summed E-state index contributed by atoms with van der Waals surface area (Å²) in [5, 5.41) is 1.05. The Bertz CT molecular complexity index is 558. The van der Waals surface area contributed by atoms with Crippen molar-refractivity contribution in [2.75, 3.05) is 14.1 Å². The van der Waals surface area contributed by atoms with Crippen LogP contribution in [0.1, 0.15) is 35.1 Å². The molecule has 2 heterocycles. The first-order chi connectivity index (χ1) is 7.99. The Morgan fingerprint density at radius 2 is 2.06 bits per heavy atom. The third-order valence-corrected chi connectivity index (χ3v) is 3.65. The second-order valence-electron chi connectivity index (χ2n) is 4.60. The normalized spacial score (nSPS) is 11.1. The molecule has 2 aromatic rings. The molecule has 0 bridgehead atoms. The molecular formula is C13H16N2OS. The molecule has 0 spiro atoms. The lowest BCUT2D eigenvalue weighted by Gasteiger charge is -2.06. The van der Waals surface area contributed by atoms with Gasteiger partial charge in [-0.15, -0.1) is 11.3 Å². The first kappa shape index (κ1) is 12.0. The van der Waals surface area contributed by atoms with Crippen molar-refractivity contribution < 1.29 is 4.79 Å². The van der Waals surface area contributed by atoms with E-state index in [4.69, 9.17) is 0 Å². The molecule has 0 aliphatic rings. The Balaban J connectivity index is 2.47. The molecule has 2 rings (SSSR count). The van der Waals surface area contributed by atoms with Crippen molar-refractivity contribution in [1.82, 2.24) is 9.88 Å². The molecule has 0 aromatic carbocycles. The summed E-state index contributed by atoms with van der Waals surface area (Å²) in [5.41, 5.74) is 1.07. The van der Waals surface area contributed by atoms with E-state index in [0.29, 0.717) is 5.92 Å². The smallest absolute Gasteiger partial charge is 0.263 e. The third kappa shape index (κ3) is 2.31. The number of nitrogens with zero attached hydrogens (tertiary/aromatic N) is 2. The van der Waals surface area contributed by atoms with Crippen molar-refractivity contribution in [3.63, 3.8) is 0 Å². The van der Waals surface area contributed by atoms with Crippen LogP contribution in [0.5, 0.6) is 0 Å². The summed E-state index contributed by atoms with van der Waals surface area (Å²) >= 11 is 1.46. The highest BCUT2D eigenvalue weighted by atomic mass is 32.1. The van der Waals surface area contributed by atoms with Crippen molar-refractivity contribution in [2.45, 2.75) is 19.8 Å². The Labute approximate surface area is 105 Å². The Morgan fingerprint density at radius 1 is 1.35 bits per heavy atom. The van der Waals surface area contributed by atoms with Gasteiger partial charge in [-0.05, 0) is 18.1 Å². The van der Waals surface area contributed by atoms with E-state index < -0.39 is 0 Å². The number of thiophene rings is 1. The molecule has 0 N–H and O–H groups in total. The van der Waals surface area contributed by atoms with E-state index in [2.05, 4.69) is 18.8 Å². The molecule has 0 saturated carbocycles. The zero-order chi connectivity index (χ0) is 12.6. The SMILES string of the molecule is CC(C)c1ccc2cc(C(=O)N(C)C)sc2n1. The van der Waals surface area contributed by atoms with Crippen LogP contribution >= 0.6 is 11.3 Å². The predicted molar refractivity (Wildman–Crippen MR) is 71.7 cm³/mol. The van der Waals surface area contributed by atoms with Gasteiger partial charge in [0, 0.05) is 25.2 Å². The van der Waals surface area contributed by atoms with Crippen LogP contribution in [0.3, 0.4) is 0 Å². The summed E-state index contributed by atoms with van der Waals surface area (Å²) < 4.78 is 0. The van der Waals surface area contributed by atoms with Gasteiger partial charge in [0.05, 0.1) is 4.88 Å². The lowest BCUT2D eigenvalue weighted by molar-refractivity contribution is 0.0832. The molecule has 90 valence electrons. The molecule has 17 heavy (non-hydrogen) atoms. The Hall–Kier alpha value is -1.42. The van der Waals surface area contributed by atoms with Crippen molar-refractivity contribution in [3.8, 4) is 0 Å². The second-order valence-corrected chi connectivity index (χ2v) is 5.63. The average Bonchev–Trinajstić information content (AvgIpc) is 2.69. The number of pyridine rings is 1. The van der Waals surface area contributed by atoms with Gasteiger partial charge in [0.25, 0.3) is 5.91 Å². The number of carbonyl (C=O) groups excluding carboxylic acids is 1. The molecule has 0 unspecified atom stereocenters. The fourth-order valence-electron chi connectivity index (χ4n) is 1.58.